The fourth-order valence-electron chi connectivity index (χ4n) is 3.02. The zero-order valence-electron chi connectivity index (χ0n) is 10.4. The molecule has 2 bridgehead atoms. The van der Waals surface area contributed by atoms with Gasteiger partial charge in [0, 0.05) is 0 Å². The molecule has 20 heavy (non-hydrogen) atoms. The summed E-state index contributed by atoms with van der Waals surface area (Å²) in [5.74, 6) is -0.262. The predicted octanol–water partition coefficient (Wildman–Crippen LogP) is 1.19. The molecule has 2 aromatic heterocycles. The summed E-state index contributed by atoms with van der Waals surface area (Å²) in [7, 11) is 0. The summed E-state index contributed by atoms with van der Waals surface area (Å²) in [6, 6.07) is 0. The van der Waals surface area contributed by atoms with Gasteiger partial charge in [-0.25, -0.2) is 9.78 Å². The van der Waals surface area contributed by atoms with Gasteiger partial charge in [0.2, 0.25) is 0 Å². The molecule has 3 unspecified atom stereocenters. The molecule has 8 heteroatoms. The number of nitrogens with zero attached hydrogens (tertiary/aromatic N) is 3. The van der Waals surface area contributed by atoms with Crippen molar-refractivity contribution in [1.29, 1.82) is 0 Å². The third-order valence-corrected chi connectivity index (χ3v) is 3.94. The number of hydrogen-bond donors (Lipinski definition) is 2. The first-order valence-electron chi connectivity index (χ1n) is 6.48. The van der Waals surface area contributed by atoms with Crippen LogP contribution in [-0.4, -0.2) is 43.4 Å². The van der Waals surface area contributed by atoms with Gasteiger partial charge in [0.1, 0.15) is 5.69 Å². The Balaban J connectivity index is 1.65. The molecule has 2 fully saturated rings. The first-order valence-corrected chi connectivity index (χ1v) is 6.48. The lowest BCUT2D eigenvalue weighted by molar-refractivity contribution is 0.0691. The van der Waals surface area contributed by atoms with Crippen LogP contribution in [-0.2, 0) is 4.74 Å². The lowest BCUT2D eigenvalue weighted by atomic mass is 9.89. The number of carboxylic acid groups (broad SMARTS) is 1. The van der Waals surface area contributed by atoms with E-state index in [0.717, 1.165) is 19.3 Å². The standard InChI is InChI=1S/C12H12N4O4/c17-12(18)9-8(13-4-14-9)11-15-10(16-20-11)6-3-5-1-2-7(6)19-5/h4-7H,1-3H2,(H,13,14)(H,17,18). The van der Waals surface area contributed by atoms with Gasteiger partial charge in [0.15, 0.2) is 11.5 Å². The van der Waals surface area contributed by atoms with Crippen molar-refractivity contribution in [2.45, 2.75) is 37.4 Å². The topological polar surface area (TPSA) is 114 Å². The minimum absolute atomic E-state index is 0.121. The average Bonchev–Trinajstić information content (AvgIpc) is 3.20. The monoisotopic (exact) mass is 276 g/mol. The molecule has 2 saturated heterocycles. The highest BCUT2D eigenvalue weighted by molar-refractivity contribution is 5.91. The number of hydrogen-bond acceptors (Lipinski definition) is 6. The number of aromatic amines is 1. The van der Waals surface area contributed by atoms with Crippen molar-refractivity contribution in [2.75, 3.05) is 0 Å². The van der Waals surface area contributed by atoms with Crippen molar-refractivity contribution in [3.8, 4) is 11.6 Å². The summed E-state index contributed by atoms with van der Waals surface area (Å²) in [5.41, 5.74) is 0.115. The molecule has 2 N–H and O–H groups in total. The smallest absolute Gasteiger partial charge is 0.356 e. The zero-order chi connectivity index (χ0) is 13.7. The SMILES string of the molecule is O=C(O)c1nc[nH]c1-c1nc(C2CC3CCC2O3)no1. The van der Waals surface area contributed by atoms with E-state index < -0.39 is 5.97 Å². The largest absolute Gasteiger partial charge is 0.476 e. The highest BCUT2D eigenvalue weighted by Gasteiger charge is 2.43. The van der Waals surface area contributed by atoms with Gasteiger partial charge in [0.25, 0.3) is 5.89 Å². The Morgan fingerprint density at radius 1 is 1.45 bits per heavy atom. The number of aromatic carboxylic acids is 1. The van der Waals surface area contributed by atoms with Gasteiger partial charge in [0.05, 0.1) is 24.5 Å². The Bertz CT molecular complexity index is 664. The summed E-state index contributed by atoms with van der Waals surface area (Å²) in [4.78, 5) is 21.8. The zero-order valence-corrected chi connectivity index (χ0v) is 10.4. The molecule has 3 atom stereocenters. The van der Waals surface area contributed by atoms with E-state index in [-0.39, 0.29) is 29.3 Å². The van der Waals surface area contributed by atoms with E-state index in [1.807, 2.05) is 0 Å². The van der Waals surface area contributed by atoms with Crippen LogP contribution in [0.15, 0.2) is 10.9 Å². The molecule has 0 aromatic carbocycles. The number of H-pyrrole nitrogens is 1. The third kappa shape index (κ3) is 1.64. The van der Waals surface area contributed by atoms with E-state index in [1.54, 1.807) is 0 Å². The Kier molecular flexibility index (Phi) is 2.40. The van der Waals surface area contributed by atoms with Crippen LogP contribution in [0.4, 0.5) is 0 Å². The number of imidazole rings is 1. The normalized spacial score (nSPS) is 28.1. The number of ether oxygens (including phenoxy) is 1. The molecule has 0 radical (unpaired) electrons. The predicted molar refractivity (Wildman–Crippen MR) is 64.1 cm³/mol. The van der Waals surface area contributed by atoms with E-state index >= 15 is 0 Å². The second-order valence-electron chi connectivity index (χ2n) is 5.11. The van der Waals surface area contributed by atoms with Gasteiger partial charge in [-0.1, -0.05) is 5.16 Å². The van der Waals surface area contributed by atoms with E-state index in [2.05, 4.69) is 20.1 Å². The molecule has 4 rings (SSSR count). The minimum Gasteiger partial charge on any atom is -0.476 e. The second kappa shape index (κ2) is 4.14. The van der Waals surface area contributed by atoms with Gasteiger partial charge < -0.3 is 19.4 Å². The van der Waals surface area contributed by atoms with Crippen LogP contribution in [0, 0.1) is 0 Å². The maximum atomic E-state index is 11.0. The van der Waals surface area contributed by atoms with Gasteiger partial charge in [-0.05, 0) is 19.3 Å². The van der Waals surface area contributed by atoms with Gasteiger partial charge in [-0.15, -0.1) is 0 Å². The lowest BCUT2D eigenvalue weighted by Crippen LogP contribution is -2.15. The summed E-state index contributed by atoms with van der Waals surface area (Å²) in [6.07, 6.45) is 4.76. The van der Waals surface area contributed by atoms with Crippen LogP contribution < -0.4 is 0 Å². The number of nitrogens with one attached hydrogen (secondary N) is 1. The molecule has 2 aliphatic heterocycles. The van der Waals surface area contributed by atoms with E-state index in [4.69, 9.17) is 14.4 Å². The fraction of sp³-hybridized carbons (Fsp3) is 0.500. The Hall–Kier alpha value is -2.22. The van der Waals surface area contributed by atoms with E-state index in [9.17, 15) is 4.79 Å². The summed E-state index contributed by atoms with van der Waals surface area (Å²) >= 11 is 0. The van der Waals surface area contributed by atoms with Crippen molar-refractivity contribution in [3.63, 3.8) is 0 Å². The number of fused-ring (bicyclic) bond motifs is 2. The first kappa shape index (κ1) is 11.6. The Labute approximate surface area is 113 Å². The lowest BCUT2D eigenvalue weighted by Gasteiger charge is -2.13. The molecule has 104 valence electrons. The molecule has 4 heterocycles. The van der Waals surface area contributed by atoms with Gasteiger partial charge >= 0.3 is 5.97 Å². The van der Waals surface area contributed by atoms with Crippen LogP contribution in [0.1, 0.15) is 41.5 Å². The molecule has 0 aliphatic carbocycles. The fourth-order valence-corrected chi connectivity index (χ4v) is 3.02. The highest BCUT2D eigenvalue weighted by atomic mass is 16.5. The Morgan fingerprint density at radius 3 is 3.05 bits per heavy atom. The van der Waals surface area contributed by atoms with E-state index in [0.29, 0.717) is 11.9 Å². The first-order chi connectivity index (χ1) is 9.72. The van der Waals surface area contributed by atoms with Gasteiger partial charge in [-0.3, -0.25) is 0 Å². The molecule has 0 amide bonds. The van der Waals surface area contributed by atoms with Crippen molar-refractivity contribution in [2.24, 2.45) is 0 Å². The van der Waals surface area contributed by atoms with Crippen LogP contribution in [0.3, 0.4) is 0 Å². The van der Waals surface area contributed by atoms with Crippen LogP contribution in [0.2, 0.25) is 0 Å². The molecule has 2 aliphatic rings. The number of aromatic nitrogens is 4. The van der Waals surface area contributed by atoms with Crippen molar-refractivity contribution < 1.29 is 19.2 Å². The third-order valence-electron chi connectivity index (χ3n) is 3.94. The number of carbonyl (C=O) groups is 1. The summed E-state index contributed by atoms with van der Waals surface area (Å²) in [5, 5.41) is 13.0. The average molecular weight is 276 g/mol. The number of carboxylic acids is 1. The maximum Gasteiger partial charge on any atom is 0.356 e. The minimum atomic E-state index is -1.13. The molecule has 0 saturated carbocycles. The maximum absolute atomic E-state index is 11.0. The second-order valence-corrected chi connectivity index (χ2v) is 5.11. The molecular weight excluding hydrogens is 264 g/mol. The summed E-state index contributed by atoms with van der Waals surface area (Å²) in [6.45, 7) is 0. The molecule has 8 nitrogen and oxygen atoms in total. The van der Waals surface area contributed by atoms with Gasteiger partial charge in [-0.2, -0.15) is 4.98 Å². The van der Waals surface area contributed by atoms with Crippen molar-refractivity contribution >= 4 is 5.97 Å². The molecular formula is C12H12N4O4. The molecule has 2 aromatic rings. The number of rotatable bonds is 3. The van der Waals surface area contributed by atoms with Crippen molar-refractivity contribution in [3.05, 3.63) is 17.8 Å². The van der Waals surface area contributed by atoms with E-state index in [1.165, 1.54) is 6.33 Å². The quantitative estimate of drug-likeness (QED) is 0.865. The highest BCUT2D eigenvalue weighted by Crippen LogP contribution is 2.43. The van der Waals surface area contributed by atoms with Crippen LogP contribution in [0.25, 0.3) is 11.6 Å². The summed E-state index contributed by atoms with van der Waals surface area (Å²) < 4.78 is 10.9. The van der Waals surface area contributed by atoms with Crippen LogP contribution in [0.5, 0.6) is 0 Å². The van der Waals surface area contributed by atoms with Crippen LogP contribution >= 0.6 is 0 Å². The molecule has 0 spiro atoms. The van der Waals surface area contributed by atoms with Crippen molar-refractivity contribution in [1.82, 2.24) is 20.1 Å². The Morgan fingerprint density at radius 2 is 2.35 bits per heavy atom.